The van der Waals surface area contributed by atoms with E-state index >= 15 is 0 Å². The van der Waals surface area contributed by atoms with E-state index in [4.69, 9.17) is 0 Å². The molecular formula is C8H15N. The Kier molecular flexibility index (Phi) is 5.23. The van der Waals surface area contributed by atoms with Crippen molar-refractivity contribution < 1.29 is 0 Å². The van der Waals surface area contributed by atoms with E-state index in [0.29, 0.717) is 0 Å². The van der Waals surface area contributed by atoms with E-state index in [9.17, 15) is 0 Å². The number of likely N-dealkylation sites (N-methyl/N-ethyl adjacent to an activating group) is 1. The fraction of sp³-hybridized carbons (Fsp3) is 0.500. The Labute approximate surface area is 57.5 Å². The highest BCUT2D eigenvalue weighted by Gasteiger charge is 1.86. The van der Waals surface area contributed by atoms with E-state index in [0.717, 1.165) is 13.0 Å². The van der Waals surface area contributed by atoms with Crippen LogP contribution < -0.4 is 5.32 Å². The van der Waals surface area contributed by atoms with Crippen LogP contribution in [0.4, 0.5) is 0 Å². The van der Waals surface area contributed by atoms with E-state index in [1.807, 2.05) is 13.1 Å². The summed E-state index contributed by atoms with van der Waals surface area (Å²) in [6.07, 6.45) is 4.99. The zero-order valence-corrected chi connectivity index (χ0v) is 6.28. The van der Waals surface area contributed by atoms with Crippen LogP contribution in [0.25, 0.3) is 0 Å². The van der Waals surface area contributed by atoms with Gasteiger partial charge in [-0.05, 0) is 13.5 Å². The summed E-state index contributed by atoms with van der Waals surface area (Å²) in [5, 5.41) is 3.09. The number of hydrogen-bond donors (Lipinski definition) is 1. The van der Waals surface area contributed by atoms with Gasteiger partial charge in [0.2, 0.25) is 0 Å². The number of hydrogen-bond acceptors (Lipinski definition) is 1. The monoisotopic (exact) mass is 125 g/mol. The molecule has 0 bridgehead atoms. The second kappa shape index (κ2) is 5.57. The molecule has 0 aliphatic rings. The van der Waals surface area contributed by atoms with Gasteiger partial charge in [-0.1, -0.05) is 31.2 Å². The van der Waals surface area contributed by atoms with E-state index < -0.39 is 0 Å². The minimum Gasteiger partial charge on any atom is -0.316 e. The van der Waals surface area contributed by atoms with E-state index in [1.54, 1.807) is 0 Å². The van der Waals surface area contributed by atoms with Crippen molar-refractivity contribution in [1.29, 1.82) is 0 Å². The van der Waals surface area contributed by atoms with Crippen LogP contribution >= 0.6 is 0 Å². The van der Waals surface area contributed by atoms with E-state index in [1.165, 1.54) is 5.57 Å². The van der Waals surface area contributed by atoms with Gasteiger partial charge in [0.1, 0.15) is 0 Å². The molecule has 0 aromatic carbocycles. The molecule has 0 amide bonds. The maximum Gasteiger partial charge on any atom is 0.0164 e. The van der Waals surface area contributed by atoms with Gasteiger partial charge in [-0.25, -0.2) is 0 Å². The van der Waals surface area contributed by atoms with Gasteiger partial charge in [0.05, 0.1) is 0 Å². The van der Waals surface area contributed by atoms with Crippen molar-refractivity contribution in [2.45, 2.75) is 13.3 Å². The highest BCUT2D eigenvalue weighted by molar-refractivity contribution is 5.10. The first-order valence-corrected chi connectivity index (χ1v) is 3.30. The molecule has 1 nitrogen and oxygen atoms in total. The molecule has 0 spiro atoms. The normalized spacial score (nSPS) is 11.6. The van der Waals surface area contributed by atoms with Crippen LogP contribution in [0.3, 0.4) is 0 Å². The molecule has 0 radical (unpaired) electrons. The fourth-order valence-electron chi connectivity index (χ4n) is 0.696. The van der Waals surface area contributed by atoms with Gasteiger partial charge >= 0.3 is 0 Å². The quantitative estimate of drug-likeness (QED) is 0.564. The minimum atomic E-state index is 0.975. The maximum absolute atomic E-state index is 3.63. The molecule has 0 saturated carbocycles. The van der Waals surface area contributed by atoms with Gasteiger partial charge in [0.25, 0.3) is 0 Å². The molecule has 0 atom stereocenters. The van der Waals surface area contributed by atoms with Crippen molar-refractivity contribution in [1.82, 2.24) is 5.32 Å². The summed E-state index contributed by atoms with van der Waals surface area (Å²) < 4.78 is 0. The third kappa shape index (κ3) is 3.98. The average molecular weight is 125 g/mol. The van der Waals surface area contributed by atoms with Gasteiger partial charge in [0, 0.05) is 6.54 Å². The summed E-state index contributed by atoms with van der Waals surface area (Å²) in [6, 6.07) is 0. The lowest BCUT2D eigenvalue weighted by molar-refractivity contribution is 0.845. The van der Waals surface area contributed by atoms with Crippen LogP contribution in [0.5, 0.6) is 0 Å². The molecule has 0 aromatic rings. The van der Waals surface area contributed by atoms with Crippen LogP contribution in [0.1, 0.15) is 13.3 Å². The Bertz CT molecular complexity index is 103. The van der Waals surface area contributed by atoms with Gasteiger partial charge < -0.3 is 5.32 Å². The number of nitrogens with one attached hydrogen (secondary N) is 1. The Morgan fingerprint density at radius 2 is 2.33 bits per heavy atom. The van der Waals surface area contributed by atoms with Crippen molar-refractivity contribution in [3.8, 4) is 0 Å². The lowest BCUT2D eigenvalue weighted by Crippen LogP contribution is -2.09. The van der Waals surface area contributed by atoms with Crippen molar-refractivity contribution in [2.24, 2.45) is 0 Å². The summed E-state index contributed by atoms with van der Waals surface area (Å²) in [6.45, 7) is 6.75. The lowest BCUT2D eigenvalue weighted by atomic mass is 10.2. The van der Waals surface area contributed by atoms with Crippen molar-refractivity contribution in [3.63, 3.8) is 0 Å². The Morgan fingerprint density at radius 3 is 2.67 bits per heavy atom. The molecule has 1 heteroatoms. The Morgan fingerprint density at radius 1 is 1.67 bits per heavy atom. The second-order valence-electron chi connectivity index (χ2n) is 1.94. The molecule has 0 aliphatic heterocycles. The summed E-state index contributed by atoms with van der Waals surface area (Å²) in [4.78, 5) is 0. The molecule has 0 rings (SSSR count). The summed E-state index contributed by atoms with van der Waals surface area (Å²) in [5.41, 5.74) is 1.40. The third-order valence-corrected chi connectivity index (χ3v) is 1.21. The highest BCUT2D eigenvalue weighted by atomic mass is 14.8. The molecule has 1 N–H and O–H groups in total. The smallest absolute Gasteiger partial charge is 0.0164 e. The van der Waals surface area contributed by atoms with Crippen molar-refractivity contribution in [3.05, 3.63) is 24.3 Å². The molecule has 0 heterocycles. The number of allylic oxidation sites excluding steroid dienone is 2. The van der Waals surface area contributed by atoms with E-state index in [2.05, 4.69) is 24.9 Å². The fourth-order valence-corrected chi connectivity index (χ4v) is 0.696. The van der Waals surface area contributed by atoms with Crippen LogP contribution in [-0.4, -0.2) is 13.6 Å². The van der Waals surface area contributed by atoms with Crippen LogP contribution in [0.15, 0.2) is 24.3 Å². The highest BCUT2D eigenvalue weighted by Crippen LogP contribution is 1.97. The zero-order chi connectivity index (χ0) is 7.11. The predicted molar refractivity (Wildman–Crippen MR) is 42.5 cm³/mol. The van der Waals surface area contributed by atoms with Gasteiger partial charge in [-0.3, -0.25) is 0 Å². The molecule has 0 fully saturated rings. The van der Waals surface area contributed by atoms with Crippen LogP contribution in [-0.2, 0) is 0 Å². The van der Waals surface area contributed by atoms with Gasteiger partial charge in [-0.2, -0.15) is 0 Å². The molecule has 52 valence electrons. The maximum atomic E-state index is 3.63. The first kappa shape index (κ1) is 8.44. The molecule has 0 aromatic heterocycles. The number of rotatable bonds is 4. The van der Waals surface area contributed by atoms with Gasteiger partial charge in [-0.15, -0.1) is 0 Å². The van der Waals surface area contributed by atoms with E-state index in [-0.39, 0.29) is 0 Å². The summed E-state index contributed by atoms with van der Waals surface area (Å²) in [7, 11) is 1.95. The first-order chi connectivity index (χ1) is 4.35. The summed E-state index contributed by atoms with van der Waals surface area (Å²) in [5.74, 6) is 0. The standard InChI is InChI=1S/C8H15N/c1-4-6-8(5-2)7-9-3/h4,6,9H,1,5,7H2,2-3H3/b8-6+. The zero-order valence-electron chi connectivity index (χ0n) is 6.28. The third-order valence-electron chi connectivity index (χ3n) is 1.21. The van der Waals surface area contributed by atoms with Crippen molar-refractivity contribution >= 4 is 0 Å². The van der Waals surface area contributed by atoms with Gasteiger partial charge in [0.15, 0.2) is 0 Å². The molecule has 9 heavy (non-hydrogen) atoms. The van der Waals surface area contributed by atoms with Crippen LogP contribution in [0, 0.1) is 0 Å². The molecular weight excluding hydrogens is 110 g/mol. The van der Waals surface area contributed by atoms with Crippen molar-refractivity contribution in [2.75, 3.05) is 13.6 Å². The largest absolute Gasteiger partial charge is 0.316 e. The predicted octanol–water partition coefficient (Wildman–Crippen LogP) is 1.73. The average Bonchev–Trinajstić information content (AvgIpc) is 1.88. The first-order valence-electron chi connectivity index (χ1n) is 3.30. The minimum absolute atomic E-state index is 0.975. The lowest BCUT2D eigenvalue weighted by Gasteiger charge is -1.99. The molecule has 0 unspecified atom stereocenters. The Balaban J connectivity index is 3.66. The topological polar surface area (TPSA) is 12.0 Å². The van der Waals surface area contributed by atoms with Crippen LogP contribution in [0.2, 0.25) is 0 Å². The summed E-state index contributed by atoms with van der Waals surface area (Å²) >= 11 is 0. The second-order valence-corrected chi connectivity index (χ2v) is 1.94. The molecule has 0 saturated heterocycles. The Hall–Kier alpha value is -0.560. The SMILES string of the molecule is C=C/C=C(\CC)CNC. The molecule has 0 aliphatic carbocycles.